The molecule has 4 heteroatoms. The van der Waals surface area contributed by atoms with Gasteiger partial charge in [0.1, 0.15) is 0 Å². The van der Waals surface area contributed by atoms with Gasteiger partial charge in [-0.25, -0.2) is 0 Å². The van der Waals surface area contributed by atoms with E-state index in [9.17, 15) is 13.2 Å². The molecule has 0 bridgehead atoms. The lowest BCUT2D eigenvalue weighted by Crippen LogP contribution is -2.10. The summed E-state index contributed by atoms with van der Waals surface area (Å²) in [4.78, 5) is 0. The summed E-state index contributed by atoms with van der Waals surface area (Å²) < 4.78 is 38.8. The first-order valence-electron chi connectivity index (χ1n) is 5.37. The molecule has 0 saturated carbocycles. The first-order chi connectivity index (χ1) is 8.48. The number of alkyl halides is 3. The predicted molar refractivity (Wildman–Crippen MR) is 65.7 cm³/mol. The first-order valence-corrected chi connectivity index (χ1v) is 5.75. The highest BCUT2D eigenvalue weighted by atomic mass is 35.5. The van der Waals surface area contributed by atoms with Crippen molar-refractivity contribution in [3.63, 3.8) is 0 Å². The van der Waals surface area contributed by atoms with Gasteiger partial charge in [0, 0.05) is 0 Å². The van der Waals surface area contributed by atoms with Crippen LogP contribution >= 0.6 is 11.6 Å². The molecule has 0 nitrogen and oxygen atoms in total. The number of hydrogen-bond acceptors (Lipinski definition) is 0. The van der Waals surface area contributed by atoms with Crippen LogP contribution in [0.3, 0.4) is 0 Å². The Balaban J connectivity index is 2.43. The molecule has 18 heavy (non-hydrogen) atoms. The van der Waals surface area contributed by atoms with Gasteiger partial charge >= 0.3 is 6.18 Å². The Bertz CT molecular complexity index is 532. The number of benzene rings is 2. The fraction of sp³-hybridized carbons (Fsp3) is 0.143. The first kappa shape index (κ1) is 13.0. The molecule has 2 aromatic carbocycles. The summed E-state index contributed by atoms with van der Waals surface area (Å²) in [6.45, 7) is 0. The summed E-state index contributed by atoms with van der Waals surface area (Å²) in [5.74, 6) is 0. The van der Waals surface area contributed by atoms with E-state index in [1.165, 1.54) is 18.2 Å². The molecule has 2 aromatic rings. The van der Waals surface area contributed by atoms with Gasteiger partial charge in [0.2, 0.25) is 0 Å². The number of rotatable bonds is 2. The maximum absolute atomic E-state index is 12.9. The zero-order valence-corrected chi connectivity index (χ0v) is 10.1. The van der Waals surface area contributed by atoms with Crippen LogP contribution in [0.25, 0.3) is 0 Å². The van der Waals surface area contributed by atoms with Crippen LogP contribution in [0.2, 0.25) is 5.02 Å². The van der Waals surface area contributed by atoms with Crippen LogP contribution < -0.4 is 0 Å². The smallest absolute Gasteiger partial charge is 0.166 e. The highest BCUT2D eigenvalue weighted by molar-refractivity contribution is 6.31. The molecular formula is C14H10ClF3. The lowest BCUT2D eigenvalue weighted by Gasteiger charge is -2.14. The Morgan fingerprint density at radius 1 is 0.889 bits per heavy atom. The average Bonchev–Trinajstić information content (AvgIpc) is 2.28. The van der Waals surface area contributed by atoms with Crippen molar-refractivity contribution in [2.24, 2.45) is 0 Å². The molecule has 0 heterocycles. The van der Waals surface area contributed by atoms with Crippen LogP contribution in [0.5, 0.6) is 0 Å². The molecule has 0 aliphatic rings. The molecule has 0 aliphatic carbocycles. The third kappa shape index (κ3) is 2.85. The fourth-order valence-electron chi connectivity index (χ4n) is 1.85. The lowest BCUT2D eigenvalue weighted by atomic mass is 9.99. The third-order valence-electron chi connectivity index (χ3n) is 2.62. The van der Waals surface area contributed by atoms with Crippen LogP contribution in [0.1, 0.15) is 16.7 Å². The minimum absolute atomic E-state index is 0.196. The van der Waals surface area contributed by atoms with E-state index in [4.69, 9.17) is 11.6 Å². The number of hydrogen-bond donors (Lipinski definition) is 0. The summed E-state index contributed by atoms with van der Waals surface area (Å²) in [6.07, 6.45) is -4.21. The predicted octanol–water partition coefficient (Wildman–Crippen LogP) is 4.95. The molecule has 0 unspecified atom stereocenters. The molecule has 2 rings (SSSR count). The number of halogens is 4. The highest BCUT2D eigenvalue weighted by Crippen LogP contribution is 2.37. The Morgan fingerprint density at radius 3 is 2.17 bits per heavy atom. The molecule has 94 valence electrons. The second-order valence-corrected chi connectivity index (χ2v) is 4.34. The van der Waals surface area contributed by atoms with Gasteiger partial charge in [-0.3, -0.25) is 0 Å². The van der Waals surface area contributed by atoms with E-state index in [0.717, 1.165) is 5.56 Å². The van der Waals surface area contributed by atoms with Gasteiger partial charge in [0.15, 0.2) is 0 Å². The van der Waals surface area contributed by atoms with E-state index < -0.39 is 11.7 Å². The van der Waals surface area contributed by atoms with Gasteiger partial charge in [-0.05, 0) is 23.6 Å². The van der Waals surface area contributed by atoms with Crippen molar-refractivity contribution in [1.29, 1.82) is 0 Å². The second kappa shape index (κ2) is 5.02. The zero-order valence-electron chi connectivity index (χ0n) is 9.34. The fourth-order valence-corrected chi connectivity index (χ4v) is 2.15. The van der Waals surface area contributed by atoms with Crippen molar-refractivity contribution in [3.8, 4) is 0 Å². The Labute approximate surface area is 108 Å². The summed E-state index contributed by atoms with van der Waals surface area (Å²) in [5, 5.41) is -0.254. The molecule has 0 atom stereocenters. The molecule has 0 fully saturated rings. The molecule has 0 spiro atoms. The van der Waals surface area contributed by atoms with Crippen LogP contribution in [-0.2, 0) is 12.6 Å². The minimum Gasteiger partial charge on any atom is -0.166 e. The van der Waals surface area contributed by atoms with Gasteiger partial charge in [-0.1, -0.05) is 54.1 Å². The van der Waals surface area contributed by atoms with Crippen molar-refractivity contribution >= 4 is 11.6 Å². The Hall–Kier alpha value is -1.48. The summed E-state index contributed by atoms with van der Waals surface area (Å²) in [7, 11) is 0. The summed E-state index contributed by atoms with van der Waals surface area (Å²) in [6, 6.07) is 13.3. The maximum Gasteiger partial charge on any atom is 0.418 e. The van der Waals surface area contributed by atoms with Crippen molar-refractivity contribution in [1.82, 2.24) is 0 Å². The van der Waals surface area contributed by atoms with Crippen molar-refractivity contribution in [2.75, 3.05) is 0 Å². The zero-order chi connectivity index (χ0) is 13.2. The lowest BCUT2D eigenvalue weighted by molar-refractivity contribution is -0.138. The van der Waals surface area contributed by atoms with E-state index in [1.807, 2.05) is 6.07 Å². The standard InChI is InChI=1S/C14H10ClF3/c15-12-8-4-7-11(13(12)14(16,17)18)9-10-5-2-1-3-6-10/h1-8H,9H2. The highest BCUT2D eigenvalue weighted by Gasteiger charge is 2.35. The normalized spacial score (nSPS) is 11.6. The molecule has 0 radical (unpaired) electrons. The van der Waals surface area contributed by atoms with E-state index >= 15 is 0 Å². The Kier molecular flexibility index (Phi) is 3.62. The average molecular weight is 271 g/mol. The van der Waals surface area contributed by atoms with Gasteiger partial charge in [-0.15, -0.1) is 0 Å². The molecule has 0 aromatic heterocycles. The SMILES string of the molecule is FC(F)(F)c1c(Cl)cccc1Cc1ccccc1. The molecule has 0 aliphatic heterocycles. The molecule has 0 amide bonds. The minimum atomic E-state index is -4.43. The van der Waals surface area contributed by atoms with E-state index in [0.29, 0.717) is 0 Å². The van der Waals surface area contributed by atoms with Crippen molar-refractivity contribution in [2.45, 2.75) is 12.6 Å². The van der Waals surface area contributed by atoms with Crippen LogP contribution in [-0.4, -0.2) is 0 Å². The quantitative estimate of drug-likeness (QED) is 0.724. The monoisotopic (exact) mass is 270 g/mol. The third-order valence-corrected chi connectivity index (χ3v) is 2.94. The topological polar surface area (TPSA) is 0 Å². The maximum atomic E-state index is 12.9. The second-order valence-electron chi connectivity index (χ2n) is 3.93. The van der Waals surface area contributed by atoms with Crippen LogP contribution in [0, 0.1) is 0 Å². The largest absolute Gasteiger partial charge is 0.418 e. The van der Waals surface area contributed by atoms with Gasteiger partial charge in [-0.2, -0.15) is 13.2 Å². The van der Waals surface area contributed by atoms with Gasteiger partial charge in [0.25, 0.3) is 0 Å². The Morgan fingerprint density at radius 2 is 1.56 bits per heavy atom. The van der Waals surface area contributed by atoms with Gasteiger partial charge in [0.05, 0.1) is 10.6 Å². The molecular weight excluding hydrogens is 261 g/mol. The van der Waals surface area contributed by atoms with E-state index in [1.54, 1.807) is 24.3 Å². The van der Waals surface area contributed by atoms with Crippen molar-refractivity contribution < 1.29 is 13.2 Å². The van der Waals surface area contributed by atoms with Crippen LogP contribution in [0.15, 0.2) is 48.5 Å². The molecule has 0 saturated heterocycles. The summed E-state index contributed by atoms with van der Waals surface area (Å²) >= 11 is 5.66. The van der Waals surface area contributed by atoms with Gasteiger partial charge < -0.3 is 0 Å². The van der Waals surface area contributed by atoms with E-state index in [2.05, 4.69) is 0 Å². The molecule has 0 N–H and O–H groups in total. The van der Waals surface area contributed by atoms with Crippen molar-refractivity contribution in [3.05, 3.63) is 70.2 Å². The summed E-state index contributed by atoms with van der Waals surface area (Å²) in [5.41, 5.74) is 0.280. The van der Waals surface area contributed by atoms with Crippen LogP contribution in [0.4, 0.5) is 13.2 Å². The van der Waals surface area contributed by atoms with E-state index in [-0.39, 0.29) is 17.0 Å².